The number of hydrogen-bond acceptors (Lipinski definition) is 4. The molecule has 0 bridgehead atoms. The van der Waals surface area contributed by atoms with Gasteiger partial charge in [0.1, 0.15) is 11.5 Å². The third-order valence-corrected chi connectivity index (χ3v) is 3.48. The molecule has 0 aliphatic carbocycles. The number of aromatic nitrogens is 2. The van der Waals surface area contributed by atoms with Gasteiger partial charge >= 0.3 is 6.18 Å². The van der Waals surface area contributed by atoms with Crippen LogP contribution in [0.5, 0.6) is 0 Å². The zero-order valence-corrected chi connectivity index (χ0v) is 13.0. The van der Waals surface area contributed by atoms with E-state index in [0.717, 1.165) is 6.07 Å². The summed E-state index contributed by atoms with van der Waals surface area (Å²) in [4.78, 5) is 11.8. The molecule has 1 unspecified atom stereocenters. The van der Waals surface area contributed by atoms with Gasteiger partial charge in [-0.25, -0.2) is 0 Å². The van der Waals surface area contributed by atoms with Crippen molar-refractivity contribution in [3.63, 3.8) is 0 Å². The van der Waals surface area contributed by atoms with Crippen LogP contribution in [0.15, 0.2) is 35.0 Å². The number of alkyl halides is 3. The minimum absolute atomic E-state index is 0.170. The van der Waals surface area contributed by atoms with E-state index in [1.807, 2.05) is 0 Å². The average molecular weight is 345 g/mol. The first kappa shape index (κ1) is 18.1. The summed E-state index contributed by atoms with van der Waals surface area (Å²) < 4.78 is 46.2. The number of aryl methyl sites for hydroxylation is 2. The number of halogens is 3. The second kappa shape index (κ2) is 7.08. The Kier molecular flexibility index (Phi) is 5.33. The van der Waals surface area contributed by atoms with E-state index in [4.69, 9.17) is 4.42 Å². The van der Waals surface area contributed by atoms with Crippen molar-refractivity contribution in [1.29, 1.82) is 0 Å². The number of nitrogens with zero attached hydrogens (tertiary/aromatic N) is 2. The van der Waals surface area contributed by atoms with Crippen LogP contribution in [0.2, 0.25) is 0 Å². The van der Waals surface area contributed by atoms with Crippen LogP contribution in [0, 0.1) is 6.92 Å². The topological polar surface area (TPSA) is 80.3 Å². The second-order valence-corrected chi connectivity index (χ2v) is 5.42. The third-order valence-electron chi connectivity index (χ3n) is 3.48. The monoisotopic (exact) mass is 345 g/mol. The highest BCUT2D eigenvalue weighted by atomic mass is 19.4. The van der Waals surface area contributed by atoms with Crippen molar-refractivity contribution in [2.75, 3.05) is 6.54 Å². The van der Waals surface area contributed by atoms with Gasteiger partial charge in [0.15, 0.2) is 0 Å². The maximum absolute atomic E-state index is 13.2. The summed E-state index contributed by atoms with van der Waals surface area (Å²) in [7, 11) is 0. The van der Waals surface area contributed by atoms with Crippen LogP contribution in [-0.2, 0) is 16.9 Å². The molecule has 2 rings (SSSR count). The van der Waals surface area contributed by atoms with Gasteiger partial charge in [-0.05, 0) is 31.5 Å². The van der Waals surface area contributed by atoms with Crippen LogP contribution in [0.25, 0.3) is 0 Å². The summed E-state index contributed by atoms with van der Waals surface area (Å²) in [6.45, 7) is 2.15. The lowest BCUT2D eigenvalue weighted by atomic mass is 9.95. The van der Waals surface area contributed by atoms with E-state index < -0.39 is 29.9 Å². The number of carbonyl (C=O) groups excluding carboxylic acids is 1. The Labute approximate surface area is 136 Å². The lowest BCUT2D eigenvalue weighted by Crippen LogP contribution is -2.46. The molecule has 0 radical (unpaired) electrons. The maximum atomic E-state index is 13.2. The molecular formula is C15H18F3N3O3. The van der Waals surface area contributed by atoms with Gasteiger partial charge in [0.05, 0.1) is 6.42 Å². The summed E-state index contributed by atoms with van der Waals surface area (Å²) in [5, 5.41) is 16.4. The molecule has 0 spiro atoms. The first-order valence-corrected chi connectivity index (χ1v) is 7.32. The van der Waals surface area contributed by atoms with E-state index in [0.29, 0.717) is 13.0 Å². The van der Waals surface area contributed by atoms with Crippen LogP contribution in [0.4, 0.5) is 13.2 Å². The van der Waals surface area contributed by atoms with Crippen LogP contribution >= 0.6 is 0 Å². The molecule has 2 heterocycles. The highest BCUT2D eigenvalue weighted by Gasteiger charge is 2.58. The SMILES string of the molecule is Cc1ccc(C(O)(CC(=O)NCCCn2cccn2)C(F)(F)F)o1. The van der Waals surface area contributed by atoms with Gasteiger partial charge in [-0.3, -0.25) is 9.48 Å². The van der Waals surface area contributed by atoms with Crippen LogP contribution in [0.1, 0.15) is 24.4 Å². The molecular weight excluding hydrogens is 327 g/mol. The van der Waals surface area contributed by atoms with Gasteiger partial charge < -0.3 is 14.8 Å². The largest absolute Gasteiger partial charge is 0.463 e. The number of carbonyl (C=O) groups is 1. The van der Waals surface area contributed by atoms with Gasteiger partial charge in [-0.15, -0.1) is 0 Å². The molecule has 132 valence electrons. The molecule has 6 nitrogen and oxygen atoms in total. The molecule has 0 aliphatic heterocycles. The van der Waals surface area contributed by atoms with Crippen molar-refractivity contribution in [2.24, 2.45) is 0 Å². The molecule has 0 saturated heterocycles. The lowest BCUT2D eigenvalue weighted by molar-refractivity contribution is -0.273. The van der Waals surface area contributed by atoms with Gasteiger partial charge in [0.25, 0.3) is 0 Å². The van der Waals surface area contributed by atoms with Crippen molar-refractivity contribution >= 4 is 5.91 Å². The molecule has 0 saturated carbocycles. The van der Waals surface area contributed by atoms with Gasteiger partial charge in [-0.1, -0.05) is 0 Å². The second-order valence-electron chi connectivity index (χ2n) is 5.42. The first-order valence-electron chi connectivity index (χ1n) is 7.32. The van der Waals surface area contributed by atoms with Crippen LogP contribution in [-0.4, -0.2) is 33.5 Å². The molecule has 9 heteroatoms. The number of nitrogens with one attached hydrogen (secondary N) is 1. The van der Waals surface area contributed by atoms with Crippen LogP contribution < -0.4 is 5.32 Å². The molecule has 1 amide bonds. The van der Waals surface area contributed by atoms with Crippen LogP contribution in [0.3, 0.4) is 0 Å². The van der Waals surface area contributed by atoms with Crippen molar-refractivity contribution in [3.8, 4) is 0 Å². The number of furan rings is 1. The van der Waals surface area contributed by atoms with Crippen molar-refractivity contribution in [3.05, 3.63) is 42.1 Å². The molecule has 1 atom stereocenters. The van der Waals surface area contributed by atoms with E-state index in [1.54, 1.807) is 23.1 Å². The standard InChI is InChI=1S/C15H18F3N3O3/c1-11-4-5-12(24-11)14(23,15(16,17)18)10-13(22)19-6-2-8-21-9-3-7-20-21/h3-5,7,9,23H,2,6,8,10H2,1H3,(H,19,22). The Bertz CT molecular complexity index is 667. The summed E-state index contributed by atoms with van der Waals surface area (Å²) in [6, 6.07) is 4.06. The summed E-state index contributed by atoms with van der Waals surface area (Å²) in [5.74, 6) is -1.39. The lowest BCUT2D eigenvalue weighted by Gasteiger charge is -2.28. The van der Waals surface area contributed by atoms with Crippen molar-refractivity contribution < 1.29 is 27.5 Å². The number of rotatable bonds is 7. The fraction of sp³-hybridized carbons (Fsp3) is 0.467. The summed E-state index contributed by atoms with van der Waals surface area (Å²) in [5.41, 5.74) is -3.35. The summed E-state index contributed by atoms with van der Waals surface area (Å²) >= 11 is 0. The normalized spacial score (nSPS) is 14.4. The Hall–Kier alpha value is -2.29. The smallest absolute Gasteiger partial charge is 0.425 e. The summed E-state index contributed by atoms with van der Waals surface area (Å²) in [6.07, 6.45) is -2.36. The minimum atomic E-state index is -5.04. The number of hydrogen-bond donors (Lipinski definition) is 2. The Morgan fingerprint density at radius 1 is 1.42 bits per heavy atom. The maximum Gasteiger partial charge on any atom is 0.425 e. The van der Waals surface area contributed by atoms with Crippen molar-refractivity contribution in [2.45, 2.75) is 38.1 Å². The number of amides is 1. The minimum Gasteiger partial charge on any atom is -0.463 e. The van der Waals surface area contributed by atoms with E-state index in [9.17, 15) is 23.1 Å². The molecule has 0 aliphatic rings. The molecule has 2 aromatic heterocycles. The van der Waals surface area contributed by atoms with E-state index in [-0.39, 0.29) is 12.3 Å². The zero-order chi connectivity index (χ0) is 17.8. The molecule has 24 heavy (non-hydrogen) atoms. The zero-order valence-electron chi connectivity index (χ0n) is 13.0. The first-order chi connectivity index (χ1) is 11.2. The molecule has 2 N–H and O–H groups in total. The predicted octanol–water partition coefficient (Wildman–Crippen LogP) is 2.13. The van der Waals surface area contributed by atoms with E-state index in [1.165, 1.54) is 13.0 Å². The molecule has 0 fully saturated rings. The average Bonchev–Trinajstić information content (AvgIpc) is 3.13. The Morgan fingerprint density at radius 2 is 2.17 bits per heavy atom. The molecule has 0 aromatic carbocycles. The van der Waals surface area contributed by atoms with Crippen molar-refractivity contribution in [1.82, 2.24) is 15.1 Å². The fourth-order valence-electron chi connectivity index (χ4n) is 2.18. The van der Waals surface area contributed by atoms with Gasteiger partial charge in [-0.2, -0.15) is 18.3 Å². The quantitative estimate of drug-likeness (QED) is 0.754. The highest BCUT2D eigenvalue weighted by Crippen LogP contribution is 2.42. The third kappa shape index (κ3) is 4.16. The molecule has 2 aromatic rings. The van der Waals surface area contributed by atoms with Gasteiger partial charge in [0.2, 0.25) is 11.5 Å². The van der Waals surface area contributed by atoms with Gasteiger partial charge in [0, 0.05) is 25.5 Å². The Morgan fingerprint density at radius 3 is 2.71 bits per heavy atom. The van der Waals surface area contributed by atoms with E-state index in [2.05, 4.69) is 10.4 Å². The fourth-order valence-corrected chi connectivity index (χ4v) is 2.18. The number of aliphatic hydroxyl groups is 1. The van der Waals surface area contributed by atoms with E-state index >= 15 is 0 Å². The predicted molar refractivity (Wildman–Crippen MR) is 77.9 cm³/mol. The highest BCUT2D eigenvalue weighted by molar-refractivity contribution is 5.77. The Balaban J connectivity index is 1.93.